The zero-order chi connectivity index (χ0) is 24.4. The molecule has 0 radical (unpaired) electrons. The normalized spacial score (nSPS) is 14.9. The van der Waals surface area contributed by atoms with Crippen LogP contribution in [0.1, 0.15) is 16.7 Å². The van der Waals surface area contributed by atoms with Gasteiger partial charge in [-0.15, -0.1) is 0 Å². The van der Waals surface area contributed by atoms with E-state index in [0.717, 1.165) is 22.7 Å². The Morgan fingerprint density at radius 2 is 1.71 bits per heavy atom. The summed E-state index contributed by atoms with van der Waals surface area (Å²) >= 11 is 13.7. The number of carbonyl (C=O) groups is 2. The summed E-state index contributed by atoms with van der Waals surface area (Å²) in [5.41, 5.74) is 1.52. The van der Waals surface area contributed by atoms with Crippen molar-refractivity contribution in [3.8, 4) is 5.75 Å². The standard InChI is InChI=1S/C24H14Br2ClF2NO3S/c25-17-7-13(8-18(26)22(17)33-12-15-3-1-2-4-20(15)29)9-21-23(31)30(24(32)34-21)11-14-5-6-16(28)10-19(14)27/h1-10H,11-12H2/b21-9+. The van der Waals surface area contributed by atoms with Crippen molar-refractivity contribution in [2.75, 3.05) is 0 Å². The highest BCUT2D eigenvalue weighted by Crippen LogP contribution is 2.38. The number of hydrogen-bond donors (Lipinski definition) is 0. The first-order chi connectivity index (χ1) is 16.2. The van der Waals surface area contributed by atoms with Gasteiger partial charge >= 0.3 is 0 Å². The summed E-state index contributed by atoms with van der Waals surface area (Å²) in [6.45, 7) is -0.0224. The van der Waals surface area contributed by atoms with Gasteiger partial charge in [-0.05, 0) is 91.2 Å². The second kappa shape index (κ2) is 10.6. The molecule has 1 fully saturated rings. The highest BCUT2D eigenvalue weighted by molar-refractivity contribution is 9.11. The lowest BCUT2D eigenvalue weighted by atomic mass is 10.2. The number of rotatable bonds is 6. The molecule has 174 valence electrons. The maximum Gasteiger partial charge on any atom is 0.293 e. The number of benzene rings is 3. The van der Waals surface area contributed by atoms with E-state index in [1.165, 1.54) is 18.2 Å². The van der Waals surface area contributed by atoms with E-state index in [1.807, 2.05) is 0 Å². The van der Waals surface area contributed by atoms with Gasteiger partial charge in [0.25, 0.3) is 11.1 Å². The summed E-state index contributed by atoms with van der Waals surface area (Å²) in [6, 6.07) is 13.6. The fourth-order valence-electron chi connectivity index (χ4n) is 3.17. The number of nitrogens with zero attached hydrogens (tertiary/aromatic N) is 1. The predicted molar refractivity (Wildman–Crippen MR) is 135 cm³/mol. The van der Waals surface area contributed by atoms with Gasteiger partial charge < -0.3 is 4.74 Å². The summed E-state index contributed by atoms with van der Waals surface area (Å²) in [6.07, 6.45) is 1.59. The first-order valence-corrected chi connectivity index (χ1v) is 12.6. The van der Waals surface area contributed by atoms with Crippen molar-refractivity contribution in [3.05, 3.63) is 102 Å². The third-order valence-electron chi connectivity index (χ3n) is 4.87. The van der Waals surface area contributed by atoms with Gasteiger partial charge in [0, 0.05) is 10.6 Å². The van der Waals surface area contributed by atoms with Gasteiger partial charge in [0.15, 0.2) is 0 Å². The molecule has 0 spiro atoms. The van der Waals surface area contributed by atoms with Crippen molar-refractivity contribution in [3.63, 3.8) is 0 Å². The van der Waals surface area contributed by atoms with Gasteiger partial charge in [-0.1, -0.05) is 35.9 Å². The monoisotopic (exact) mass is 627 g/mol. The van der Waals surface area contributed by atoms with Crippen molar-refractivity contribution in [1.82, 2.24) is 4.90 Å². The Hall–Kier alpha value is -2.20. The van der Waals surface area contributed by atoms with Crippen LogP contribution in [0.15, 0.2) is 68.4 Å². The summed E-state index contributed by atoms with van der Waals surface area (Å²) in [5.74, 6) is -0.855. The predicted octanol–water partition coefficient (Wildman–Crippen LogP) is 7.96. The Labute approximate surface area is 220 Å². The van der Waals surface area contributed by atoms with Crippen LogP contribution in [0.3, 0.4) is 0 Å². The van der Waals surface area contributed by atoms with Crippen LogP contribution in [-0.2, 0) is 17.9 Å². The van der Waals surface area contributed by atoms with Crippen LogP contribution in [0, 0.1) is 11.6 Å². The van der Waals surface area contributed by atoms with E-state index in [2.05, 4.69) is 31.9 Å². The molecule has 0 saturated carbocycles. The fraction of sp³-hybridized carbons (Fsp3) is 0.0833. The third kappa shape index (κ3) is 5.54. The average molecular weight is 630 g/mol. The molecule has 0 atom stereocenters. The average Bonchev–Trinajstić information content (AvgIpc) is 3.03. The number of hydrogen-bond acceptors (Lipinski definition) is 4. The second-order valence-electron chi connectivity index (χ2n) is 7.20. The van der Waals surface area contributed by atoms with Crippen molar-refractivity contribution >= 4 is 72.4 Å². The molecule has 0 N–H and O–H groups in total. The number of thioether (sulfide) groups is 1. The zero-order valence-electron chi connectivity index (χ0n) is 17.2. The largest absolute Gasteiger partial charge is 0.486 e. The molecule has 10 heteroatoms. The number of ether oxygens (including phenoxy) is 1. The quantitative estimate of drug-likeness (QED) is 0.260. The molecular formula is C24H14Br2ClF2NO3S. The van der Waals surface area contributed by atoms with Crippen LogP contribution in [0.4, 0.5) is 13.6 Å². The maximum absolute atomic E-state index is 13.9. The first kappa shape index (κ1) is 24.9. The SMILES string of the molecule is O=C1S/C(=C/c2cc(Br)c(OCc3ccccc3F)c(Br)c2)C(=O)N1Cc1ccc(F)cc1Cl. The summed E-state index contributed by atoms with van der Waals surface area (Å²) in [7, 11) is 0. The molecule has 0 bridgehead atoms. The van der Waals surface area contributed by atoms with E-state index in [9.17, 15) is 18.4 Å². The third-order valence-corrected chi connectivity index (χ3v) is 7.30. The smallest absolute Gasteiger partial charge is 0.293 e. The molecule has 34 heavy (non-hydrogen) atoms. The van der Waals surface area contributed by atoms with Gasteiger partial charge in [0.2, 0.25) is 0 Å². The first-order valence-electron chi connectivity index (χ1n) is 9.77. The summed E-state index contributed by atoms with van der Waals surface area (Å²) in [4.78, 5) is 26.6. The lowest BCUT2D eigenvalue weighted by Gasteiger charge is -2.13. The van der Waals surface area contributed by atoms with E-state index < -0.39 is 17.0 Å². The lowest BCUT2D eigenvalue weighted by Crippen LogP contribution is -2.27. The molecule has 4 nitrogen and oxygen atoms in total. The van der Waals surface area contributed by atoms with Crippen LogP contribution in [0.25, 0.3) is 6.08 Å². The Morgan fingerprint density at radius 3 is 2.38 bits per heavy atom. The summed E-state index contributed by atoms with van der Waals surface area (Å²) in [5, 5.41) is -0.304. The van der Waals surface area contributed by atoms with Crippen LogP contribution >= 0.6 is 55.2 Å². The van der Waals surface area contributed by atoms with Gasteiger partial charge in [0.05, 0.1) is 20.4 Å². The minimum absolute atomic E-state index is 0.0358. The van der Waals surface area contributed by atoms with Crippen LogP contribution in [-0.4, -0.2) is 16.0 Å². The van der Waals surface area contributed by atoms with E-state index >= 15 is 0 Å². The number of halogens is 5. The molecular weight excluding hydrogens is 616 g/mol. The van der Waals surface area contributed by atoms with Crippen molar-refractivity contribution in [2.45, 2.75) is 13.2 Å². The number of amides is 2. The van der Waals surface area contributed by atoms with E-state index in [4.69, 9.17) is 16.3 Å². The lowest BCUT2D eigenvalue weighted by molar-refractivity contribution is -0.123. The maximum atomic E-state index is 13.9. The van der Waals surface area contributed by atoms with Gasteiger partial charge in [-0.2, -0.15) is 0 Å². The van der Waals surface area contributed by atoms with Crippen molar-refractivity contribution in [1.29, 1.82) is 0 Å². The highest BCUT2D eigenvalue weighted by Gasteiger charge is 2.35. The molecule has 1 aliphatic heterocycles. The minimum Gasteiger partial charge on any atom is -0.486 e. The molecule has 3 aromatic carbocycles. The molecule has 1 saturated heterocycles. The molecule has 3 aromatic rings. The molecule has 0 aromatic heterocycles. The van der Waals surface area contributed by atoms with Crippen LogP contribution in [0.5, 0.6) is 5.75 Å². The fourth-order valence-corrected chi connectivity index (χ4v) is 5.69. The van der Waals surface area contributed by atoms with E-state index in [1.54, 1.807) is 36.4 Å². The second-order valence-corrected chi connectivity index (χ2v) is 10.3. The molecule has 2 amide bonds. The molecule has 1 aliphatic rings. The van der Waals surface area contributed by atoms with Gasteiger partial charge in [-0.25, -0.2) is 8.78 Å². The Bertz CT molecular complexity index is 1310. The van der Waals surface area contributed by atoms with Crippen LogP contribution in [0.2, 0.25) is 5.02 Å². The van der Waals surface area contributed by atoms with E-state index in [-0.39, 0.29) is 28.9 Å². The van der Waals surface area contributed by atoms with Gasteiger partial charge in [0.1, 0.15) is 24.0 Å². The molecule has 0 aliphatic carbocycles. The van der Waals surface area contributed by atoms with Crippen molar-refractivity contribution < 1.29 is 23.1 Å². The number of imide groups is 1. The van der Waals surface area contributed by atoms with Gasteiger partial charge in [-0.3, -0.25) is 14.5 Å². The highest BCUT2D eigenvalue weighted by atomic mass is 79.9. The van der Waals surface area contributed by atoms with Crippen molar-refractivity contribution in [2.24, 2.45) is 0 Å². The molecule has 1 heterocycles. The Morgan fingerprint density at radius 1 is 1.00 bits per heavy atom. The number of carbonyl (C=O) groups excluding carboxylic acids is 2. The zero-order valence-corrected chi connectivity index (χ0v) is 21.9. The molecule has 4 rings (SSSR count). The topological polar surface area (TPSA) is 46.6 Å². The van der Waals surface area contributed by atoms with Crippen LogP contribution < -0.4 is 4.74 Å². The summed E-state index contributed by atoms with van der Waals surface area (Å²) < 4.78 is 34.1. The Balaban J connectivity index is 1.51. The minimum atomic E-state index is -0.500. The molecule has 0 unspecified atom stereocenters. The van der Waals surface area contributed by atoms with E-state index in [0.29, 0.717) is 31.4 Å². The Kier molecular flexibility index (Phi) is 7.77.